The van der Waals surface area contributed by atoms with Crippen LogP contribution in [0.25, 0.3) is 0 Å². The van der Waals surface area contributed by atoms with Crippen LogP contribution >= 0.6 is 0 Å². The molecule has 2 N–H and O–H groups in total. The van der Waals surface area contributed by atoms with E-state index < -0.39 is 0 Å². The average Bonchev–Trinajstić information content (AvgIpc) is 3.18. The fourth-order valence-corrected chi connectivity index (χ4v) is 2.51. The molecule has 2 heterocycles. The quantitative estimate of drug-likeness (QED) is 0.888. The highest BCUT2D eigenvalue weighted by molar-refractivity contribution is 5.88. The Bertz CT molecular complexity index is 668. The number of aromatic nitrogens is 2. The monoisotopic (exact) mass is 318 g/mol. The lowest BCUT2D eigenvalue weighted by Crippen LogP contribution is -2.34. The second-order valence-electron chi connectivity index (χ2n) is 5.57. The summed E-state index contributed by atoms with van der Waals surface area (Å²) in [5.41, 5.74) is 0.778. The highest BCUT2D eigenvalue weighted by Gasteiger charge is 2.16. The molecule has 7 heteroatoms. The number of nitrogens with one attached hydrogen (secondary N) is 2. The van der Waals surface area contributed by atoms with Crippen LogP contribution in [0.3, 0.4) is 0 Å². The van der Waals surface area contributed by atoms with Gasteiger partial charge in [-0.25, -0.2) is 13.9 Å². The summed E-state index contributed by atoms with van der Waals surface area (Å²) < 4.78 is 20.1. The smallest absolute Gasteiger partial charge is 0.320 e. The van der Waals surface area contributed by atoms with Gasteiger partial charge in [0.25, 0.3) is 0 Å². The number of hydrogen-bond acceptors (Lipinski definition) is 3. The first-order chi connectivity index (χ1) is 11.2. The molecule has 1 atom stereocenters. The Morgan fingerprint density at radius 3 is 3.13 bits per heavy atom. The van der Waals surface area contributed by atoms with Gasteiger partial charge in [0.2, 0.25) is 0 Å². The van der Waals surface area contributed by atoms with Crippen molar-refractivity contribution in [3.8, 4) is 0 Å². The molecule has 2 amide bonds. The van der Waals surface area contributed by atoms with Gasteiger partial charge >= 0.3 is 6.03 Å². The molecule has 0 aliphatic carbocycles. The van der Waals surface area contributed by atoms with Crippen LogP contribution in [-0.2, 0) is 11.3 Å². The number of anilines is 1. The first-order valence-electron chi connectivity index (χ1n) is 7.59. The third kappa shape index (κ3) is 4.29. The lowest BCUT2D eigenvalue weighted by atomic mass is 10.1. The number of benzene rings is 1. The van der Waals surface area contributed by atoms with Crippen molar-refractivity contribution in [1.82, 2.24) is 15.1 Å². The van der Waals surface area contributed by atoms with E-state index in [0.29, 0.717) is 31.4 Å². The number of halogens is 1. The summed E-state index contributed by atoms with van der Waals surface area (Å²) in [6.45, 7) is 2.42. The molecule has 1 fully saturated rings. The normalized spacial score (nSPS) is 17.2. The molecular weight excluding hydrogens is 299 g/mol. The van der Waals surface area contributed by atoms with Crippen molar-refractivity contribution in [2.24, 2.45) is 5.92 Å². The minimum Gasteiger partial charge on any atom is -0.381 e. The molecule has 1 aliphatic heterocycles. The molecule has 1 aromatic heterocycles. The van der Waals surface area contributed by atoms with Crippen molar-refractivity contribution >= 4 is 11.8 Å². The second kappa shape index (κ2) is 7.23. The molecular formula is C16H19FN4O2. The maximum Gasteiger partial charge on any atom is 0.320 e. The molecule has 122 valence electrons. The summed E-state index contributed by atoms with van der Waals surface area (Å²) in [6, 6.07) is 7.74. The van der Waals surface area contributed by atoms with Gasteiger partial charge in [-0.15, -0.1) is 0 Å². The SMILES string of the molecule is O=C(NC[C@H]1CCOC1)Nc1ccnn1Cc1cccc(F)c1. The largest absolute Gasteiger partial charge is 0.381 e. The van der Waals surface area contributed by atoms with E-state index >= 15 is 0 Å². The standard InChI is InChI=1S/C16H19FN4O2/c17-14-3-1-2-12(8-14)10-21-15(4-6-19-21)20-16(22)18-9-13-5-7-23-11-13/h1-4,6,8,13H,5,7,9-11H2,(H2,18,20,22)/t13-/m1/s1. The van der Waals surface area contributed by atoms with Crippen LogP contribution in [0.5, 0.6) is 0 Å². The highest BCUT2D eigenvalue weighted by Crippen LogP contribution is 2.12. The number of ether oxygens (including phenoxy) is 1. The Hall–Kier alpha value is -2.41. The predicted molar refractivity (Wildman–Crippen MR) is 83.7 cm³/mol. The molecule has 2 aromatic rings. The van der Waals surface area contributed by atoms with Gasteiger partial charge in [0, 0.05) is 25.1 Å². The van der Waals surface area contributed by atoms with Gasteiger partial charge in [-0.1, -0.05) is 12.1 Å². The summed E-state index contributed by atoms with van der Waals surface area (Å²) in [5.74, 6) is 0.646. The van der Waals surface area contributed by atoms with Gasteiger partial charge in [-0.05, 0) is 24.1 Å². The Morgan fingerprint density at radius 2 is 2.35 bits per heavy atom. The van der Waals surface area contributed by atoms with Crippen LogP contribution in [-0.4, -0.2) is 35.6 Å². The summed E-state index contributed by atoms with van der Waals surface area (Å²) in [6.07, 6.45) is 2.57. The molecule has 0 bridgehead atoms. The number of nitrogens with zero attached hydrogens (tertiary/aromatic N) is 2. The van der Waals surface area contributed by atoms with Crippen LogP contribution in [0.2, 0.25) is 0 Å². The first kappa shape index (κ1) is 15.5. The Labute approximate surface area is 133 Å². The molecule has 1 aliphatic rings. The van der Waals surface area contributed by atoms with Crippen LogP contribution in [0.15, 0.2) is 36.5 Å². The van der Waals surface area contributed by atoms with Gasteiger partial charge in [-0.3, -0.25) is 5.32 Å². The van der Waals surface area contributed by atoms with E-state index in [1.807, 2.05) is 6.07 Å². The van der Waals surface area contributed by atoms with Crippen molar-refractivity contribution in [3.05, 3.63) is 47.9 Å². The van der Waals surface area contributed by atoms with Crippen molar-refractivity contribution < 1.29 is 13.9 Å². The third-order valence-electron chi connectivity index (χ3n) is 3.75. The second-order valence-corrected chi connectivity index (χ2v) is 5.57. The highest BCUT2D eigenvalue weighted by atomic mass is 19.1. The lowest BCUT2D eigenvalue weighted by Gasteiger charge is -2.12. The molecule has 3 rings (SSSR count). The van der Waals surface area contributed by atoms with Crippen LogP contribution in [0.1, 0.15) is 12.0 Å². The number of rotatable bonds is 5. The van der Waals surface area contributed by atoms with Gasteiger partial charge in [0.05, 0.1) is 19.3 Å². The summed E-state index contributed by atoms with van der Waals surface area (Å²) >= 11 is 0. The van der Waals surface area contributed by atoms with Crippen LogP contribution in [0, 0.1) is 11.7 Å². The molecule has 0 radical (unpaired) electrons. The fraction of sp³-hybridized carbons (Fsp3) is 0.375. The maximum absolute atomic E-state index is 13.2. The lowest BCUT2D eigenvalue weighted by molar-refractivity contribution is 0.185. The first-order valence-corrected chi connectivity index (χ1v) is 7.59. The predicted octanol–water partition coefficient (Wildman–Crippen LogP) is 2.23. The number of amides is 2. The van der Waals surface area contributed by atoms with E-state index in [9.17, 15) is 9.18 Å². The van der Waals surface area contributed by atoms with E-state index in [-0.39, 0.29) is 11.8 Å². The van der Waals surface area contributed by atoms with Gasteiger partial charge in [0.1, 0.15) is 11.6 Å². The van der Waals surface area contributed by atoms with Gasteiger partial charge in [0.15, 0.2) is 0 Å². The van der Waals surface area contributed by atoms with E-state index in [1.165, 1.54) is 12.1 Å². The summed E-state index contributed by atoms with van der Waals surface area (Å²) in [5, 5.41) is 9.76. The molecule has 0 saturated carbocycles. The molecule has 1 saturated heterocycles. The summed E-state index contributed by atoms with van der Waals surface area (Å²) in [7, 11) is 0. The average molecular weight is 318 g/mol. The Balaban J connectivity index is 1.56. The minimum atomic E-state index is -0.291. The van der Waals surface area contributed by atoms with E-state index in [2.05, 4.69) is 15.7 Å². The topological polar surface area (TPSA) is 68.2 Å². The number of carbonyl (C=O) groups excluding carboxylic acids is 1. The number of hydrogen-bond donors (Lipinski definition) is 2. The zero-order chi connectivity index (χ0) is 16.1. The molecule has 23 heavy (non-hydrogen) atoms. The Kier molecular flexibility index (Phi) is 4.87. The number of carbonyl (C=O) groups is 1. The van der Waals surface area contributed by atoms with Crippen molar-refractivity contribution in [2.45, 2.75) is 13.0 Å². The molecule has 6 nitrogen and oxygen atoms in total. The van der Waals surface area contributed by atoms with Crippen molar-refractivity contribution in [1.29, 1.82) is 0 Å². The van der Waals surface area contributed by atoms with Gasteiger partial charge < -0.3 is 10.1 Å². The Morgan fingerprint density at radius 1 is 1.43 bits per heavy atom. The fourth-order valence-electron chi connectivity index (χ4n) is 2.51. The van der Waals surface area contributed by atoms with Gasteiger partial charge in [-0.2, -0.15) is 5.10 Å². The maximum atomic E-state index is 13.2. The molecule has 1 aromatic carbocycles. The zero-order valence-electron chi connectivity index (χ0n) is 12.7. The van der Waals surface area contributed by atoms with E-state index in [4.69, 9.17) is 4.74 Å². The molecule has 0 unspecified atom stereocenters. The zero-order valence-corrected chi connectivity index (χ0v) is 12.7. The van der Waals surface area contributed by atoms with Crippen LogP contribution < -0.4 is 10.6 Å². The van der Waals surface area contributed by atoms with E-state index in [1.54, 1.807) is 23.0 Å². The number of urea groups is 1. The van der Waals surface area contributed by atoms with Crippen molar-refractivity contribution in [2.75, 3.05) is 25.1 Å². The molecule has 0 spiro atoms. The minimum absolute atomic E-state index is 0.280. The van der Waals surface area contributed by atoms with Crippen LogP contribution in [0.4, 0.5) is 15.0 Å². The van der Waals surface area contributed by atoms with Crippen molar-refractivity contribution in [3.63, 3.8) is 0 Å². The van der Waals surface area contributed by atoms with E-state index in [0.717, 1.165) is 18.6 Å². The third-order valence-corrected chi connectivity index (χ3v) is 3.75. The summed E-state index contributed by atoms with van der Waals surface area (Å²) in [4.78, 5) is 12.0.